The van der Waals surface area contributed by atoms with Gasteiger partial charge in [0.05, 0.1) is 33.4 Å². The number of hydrogen-bond acceptors (Lipinski definition) is 1. The molecular weight excluding hydrogens is 693 g/mol. The highest BCUT2D eigenvalue weighted by atomic mass is 16.5. The van der Waals surface area contributed by atoms with Gasteiger partial charge < -0.3 is 13.9 Å². The molecule has 0 spiro atoms. The largest absolute Gasteiger partial charge is 0.453 e. The number of ether oxygens (including phenoxy) is 1. The first-order valence-electron chi connectivity index (χ1n) is 19.5. The van der Waals surface area contributed by atoms with Crippen molar-refractivity contribution in [1.29, 1.82) is 0 Å². The van der Waals surface area contributed by atoms with Gasteiger partial charge >= 0.3 is 0 Å². The average Bonchev–Trinajstić information content (AvgIpc) is 3.80. The topological polar surface area (TPSA) is 19.1 Å². The zero-order valence-electron chi connectivity index (χ0n) is 30.9. The molecule has 12 rings (SSSR count). The monoisotopic (exact) mass is 726 g/mol. The van der Waals surface area contributed by atoms with Gasteiger partial charge in [-0.3, -0.25) is 0 Å². The number of aromatic nitrogens is 2. The maximum atomic E-state index is 6.49. The molecule has 266 valence electrons. The smallest absolute Gasteiger partial charge is 0.152 e. The second-order valence-electron chi connectivity index (χ2n) is 14.9. The van der Waals surface area contributed by atoms with E-state index in [9.17, 15) is 0 Å². The van der Waals surface area contributed by atoms with E-state index in [0.29, 0.717) is 0 Å². The van der Waals surface area contributed by atoms with E-state index in [1.54, 1.807) is 0 Å². The van der Waals surface area contributed by atoms with Gasteiger partial charge in [-0.25, -0.2) is 0 Å². The standard InChI is InChI=1S/C54H34N2O/c1-3-15-35(16-4-1)37-29-31-48-45(33-37)46-34-38(36-17-5-2-6-18-36)30-32-49(46)55(48)47-25-10-9-21-41(47)39-19-7-8-20-40(39)42-22-13-23-43-44-24-14-28-52-54(44)56(53(42)43)50-26-11-12-27-51(50)57-52/h1-34H. The molecule has 9 aromatic carbocycles. The maximum Gasteiger partial charge on any atom is 0.152 e. The van der Waals surface area contributed by atoms with Crippen molar-refractivity contribution in [1.82, 2.24) is 9.13 Å². The fourth-order valence-electron chi connectivity index (χ4n) is 9.22. The molecule has 1 aliphatic rings. The van der Waals surface area contributed by atoms with Crippen molar-refractivity contribution in [2.24, 2.45) is 0 Å². The highest BCUT2D eigenvalue weighted by Crippen LogP contribution is 2.49. The summed E-state index contributed by atoms with van der Waals surface area (Å²) in [5.74, 6) is 1.74. The zero-order chi connectivity index (χ0) is 37.5. The lowest BCUT2D eigenvalue weighted by molar-refractivity contribution is 0.476. The van der Waals surface area contributed by atoms with Crippen molar-refractivity contribution < 1.29 is 4.74 Å². The summed E-state index contributed by atoms with van der Waals surface area (Å²) in [5.41, 5.74) is 16.4. The quantitative estimate of drug-likeness (QED) is 0.173. The Hall–Kier alpha value is -7.62. The molecule has 0 saturated heterocycles. The summed E-state index contributed by atoms with van der Waals surface area (Å²) in [4.78, 5) is 0. The number of benzene rings is 9. The second kappa shape index (κ2) is 12.5. The average molecular weight is 727 g/mol. The molecule has 0 amide bonds. The third-order valence-electron chi connectivity index (χ3n) is 11.7. The van der Waals surface area contributed by atoms with Gasteiger partial charge in [0, 0.05) is 32.7 Å². The molecule has 1 aliphatic heterocycles. The van der Waals surface area contributed by atoms with Gasteiger partial charge in [0.15, 0.2) is 11.5 Å². The first kappa shape index (κ1) is 31.7. The molecule has 3 heterocycles. The number of hydrogen-bond donors (Lipinski definition) is 0. The first-order valence-corrected chi connectivity index (χ1v) is 19.5. The summed E-state index contributed by atoms with van der Waals surface area (Å²) in [6.07, 6.45) is 0. The number of rotatable bonds is 5. The Morgan fingerprint density at radius 1 is 0.281 bits per heavy atom. The van der Waals surface area contributed by atoms with Crippen molar-refractivity contribution in [2.75, 3.05) is 0 Å². The van der Waals surface area contributed by atoms with Crippen molar-refractivity contribution >= 4 is 43.6 Å². The van der Waals surface area contributed by atoms with Crippen LogP contribution >= 0.6 is 0 Å². The molecule has 0 aliphatic carbocycles. The van der Waals surface area contributed by atoms with Crippen LogP contribution in [-0.2, 0) is 0 Å². The van der Waals surface area contributed by atoms with Crippen molar-refractivity contribution in [2.45, 2.75) is 0 Å². The minimum absolute atomic E-state index is 0.862. The molecule has 2 aromatic heterocycles. The number of para-hydroxylation sites is 5. The summed E-state index contributed by atoms with van der Waals surface area (Å²) in [6, 6.07) is 74.5. The fraction of sp³-hybridized carbons (Fsp3) is 0. The Morgan fingerprint density at radius 2 is 0.772 bits per heavy atom. The summed E-state index contributed by atoms with van der Waals surface area (Å²) in [5, 5.41) is 4.85. The van der Waals surface area contributed by atoms with Gasteiger partial charge in [-0.2, -0.15) is 0 Å². The van der Waals surface area contributed by atoms with Crippen LogP contribution in [0.3, 0.4) is 0 Å². The molecule has 0 N–H and O–H groups in total. The molecule has 57 heavy (non-hydrogen) atoms. The number of fused-ring (bicyclic) bond motifs is 8. The van der Waals surface area contributed by atoms with Crippen LogP contribution in [0.25, 0.3) is 99.5 Å². The second-order valence-corrected chi connectivity index (χ2v) is 14.9. The molecular formula is C54H34N2O. The highest BCUT2D eigenvalue weighted by Gasteiger charge is 2.26. The van der Waals surface area contributed by atoms with Gasteiger partial charge in [-0.05, 0) is 81.9 Å². The SMILES string of the molecule is c1ccc(-c2ccc3c(c2)c2cc(-c4ccccc4)ccc2n3-c2ccccc2-c2ccccc2-c2cccc3c4cccc5c4n(c23)-c2ccccc2O5)cc1. The molecule has 0 saturated carbocycles. The molecule has 0 bridgehead atoms. The summed E-state index contributed by atoms with van der Waals surface area (Å²) in [7, 11) is 0. The molecule has 0 unspecified atom stereocenters. The van der Waals surface area contributed by atoms with Crippen LogP contribution in [0, 0.1) is 0 Å². The molecule has 3 heteroatoms. The van der Waals surface area contributed by atoms with Crippen LogP contribution in [0.1, 0.15) is 0 Å². The third-order valence-corrected chi connectivity index (χ3v) is 11.7. The Balaban J connectivity index is 1.12. The van der Waals surface area contributed by atoms with E-state index in [1.807, 2.05) is 6.07 Å². The van der Waals surface area contributed by atoms with Gasteiger partial charge in [-0.15, -0.1) is 0 Å². The molecule has 0 atom stereocenters. The van der Waals surface area contributed by atoms with E-state index in [0.717, 1.165) is 28.4 Å². The lowest BCUT2D eigenvalue weighted by atomic mass is 9.92. The number of nitrogens with zero attached hydrogens (tertiary/aromatic N) is 2. The summed E-state index contributed by atoms with van der Waals surface area (Å²) in [6.45, 7) is 0. The van der Waals surface area contributed by atoms with Crippen molar-refractivity contribution in [3.05, 3.63) is 206 Å². The Kier molecular flexibility index (Phi) is 6.93. The third kappa shape index (κ3) is 4.79. The Bertz CT molecular complexity index is 3270. The van der Waals surface area contributed by atoms with Crippen molar-refractivity contribution in [3.63, 3.8) is 0 Å². The van der Waals surface area contributed by atoms with Crippen molar-refractivity contribution in [3.8, 4) is 67.4 Å². The molecule has 0 fully saturated rings. The van der Waals surface area contributed by atoms with Gasteiger partial charge in [0.25, 0.3) is 0 Å². The lowest BCUT2D eigenvalue weighted by Gasteiger charge is -2.22. The molecule has 11 aromatic rings. The Morgan fingerprint density at radius 3 is 1.44 bits per heavy atom. The predicted octanol–water partition coefficient (Wildman–Crippen LogP) is 14.7. The first-order chi connectivity index (χ1) is 28.3. The fourth-order valence-corrected chi connectivity index (χ4v) is 9.22. The lowest BCUT2D eigenvalue weighted by Crippen LogP contribution is -2.04. The summed E-state index contributed by atoms with van der Waals surface area (Å²) >= 11 is 0. The van der Waals surface area contributed by atoms with Crippen LogP contribution in [0.5, 0.6) is 11.5 Å². The zero-order valence-corrected chi connectivity index (χ0v) is 30.9. The van der Waals surface area contributed by atoms with E-state index in [4.69, 9.17) is 4.74 Å². The molecule has 0 radical (unpaired) electrons. The van der Waals surface area contributed by atoms with Gasteiger partial charge in [0.1, 0.15) is 0 Å². The van der Waals surface area contributed by atoms with Crippen LogP contribution < -0.4 is 4.74 Å². The predicted molar refractivity (Wildman–Crippen MR) is 237 cm³/mol. The van der Waals surface area contributed by atoms with E-state index in [-0.39, 0.29) is 0 Å². The molecule has 3 nitrogen and oxygen atoms in total. The van der Waals surface area contributed by atoms with E-state index >= 15 is 0 Å². The van der Waals surface area contributed by atoms with Crippen LogP contribution in [0.15, 0.2) is 206 Å². The van der Waals surface area contributed by atoms with E-state index in [1.165, 1.54) is 82.6 Å². The van der Waals surface area contributed by atoms with E-state index < -0.39 is 0 Å². The maximum absolute atomic E-state index is 6.49. The van der Waals surface area contributed by atoms with Crippen LogP contribution in [-0.4, -0.2) is 9.13 Å². The minimum Gasteiger partial charge on any atom is -0.453 e. The minimum atomic E-state index is 0.862. The van der Waals surface area contributed by atoms with Gasteiger partial charge in [0.2, 0.25) is 0 Å². The Labute approximate surface area is 329 Å². The van der Waals surface area contributed by atoms with Gasteiger partial charge in [-0.1, -0.05) is 158 Å². The van der Waals surface area contributed by atoms with E-state index in [2.05, 4.69) is 209 Å². The van der Waals surface area contributed by atoms with Crippen LogP contribution in [0.4, 0.5) is 0 Å². The summed E-state index contributed by atoms with van der Waals surface area (Å²) < 4.78 is 11.4. The highest BCUT2D eigenvalue weighted by molar-refractivity contribution is 6.17. The van der Waals surface area contributed by atoms with Crippen LogP contribution in [0.2, 0.25) is 0 Å². The normalized spacial score (nSPS) is 12.0.